The molecule has 17 heavy (non-hydrogen) atoms. The molecular weight excluding hydrogens is 224 g/mol. The van der Waals surface area contributed by atoms with Gasteiger partial charge in [0, 0.05) is 13.1 Å². The monoisotopic (exact) mass is 240 g/mol. The van der Waals surface area contributed by atoms with Crippen molar-refractivity contribution < 1.29 is 14.6 Å². The molecule has 1 aliphatic heterocycles. The highest BCUT2D eigenvalue weighted by atomic mass is 16.6. The zero-order valence-electron chi connectivity index (χ0n) is 9.74. The van der Waals surface area contributed by atoms with Crippen molar-refractivity contribution in [3.63, 3.8) is 0 Å². The molecule has 1 aromatic heterocycles. The quantitative estimate of drug-likeness (QED) is 0.814. The predicted octanol–water partition coefficient (Wildman–Crippen LogP) is 0.174. The second-order valence-corrected chi connectivity index (χ2v) is 3.94. The Hall–Kier alpha value is -1.63. The summed E-state index contributed by atoms with van der Waals surface area (Å²) in [4.78, 5) is 13.2. The molecule has 0 bridgehead atoms. The van der Waals surface area contributed by atoms with E-state index in [1.54, 1.807) is 22.7 Å². The van der Waals surface area contributed by atoms with Crippen molar-refractivity contribution in [2.75, 3.05) is 19.7 Å². The van der Waals surface area contributed by atoms with E-state index in [-0.39, 0.29) is 18.7 Å². The molecule has 1 N–H and O–H groups in total. The first-order valence-corrected chi connectivity index (χ1v) is 5.68. The van der Waals surface area contributed by atoms with Crippen LogP contribution < -0.4 is 0 Å². The van der Waals surface area contributed by atoms with E-state index in [4.69, 9.17) is 9.84 Å². The summed E-state index contributed by atoms with van der Waals surface area (Å²) in [6.07, 6.45) is 2.25. The Balaban J connectivity index is 1.95. The molecular formula is C10H16N4O3. The molecule has 1 aliphatic rings. The molecule has 7 nitrogen and oxygen atoms in total. The lowest BCUT2D eigenvalue weighted by Gasteiger charge is -2.15. The number of amides is 1. The van der Waals surface area contributed by atoms with Crippen molar-refractivity contribution in [1.29, 1.82) is 0 Å². The van der Waals surface area contributed by atoms with Crippen LogP contribution in [0.5, 0.6) is 0 Å². The van der Waals surface area contributed by atoms with Gasteiger partial charge in [-0.15, -0.1) is 5.10 Å². The molecule has 1 fully saturated rings. The van der Waals surface area contributed by atoms with Crippen molar-refractivity contribution >= 4 is 6.09 Å². The van der Waals surface area contributed by atoms with Gasteiger partial charge in [-0.05, 0) is 13.3 Å². The summed E-state index contributed by atoms with van der Waals surface area (Å²) in [5.41, 5.74) is 0.541. The second kappa shape index (κ2) is 5.13. The number of nitrogens with zero attached hydrogens (tertiary/aromatic N) is 4. The van der Waals surface area contributed by atoms with E-state index in [0.717, 1.165) is 6.42 Å². The van der Waals surface area contributed by atoms with Crippen LogP contribution in [0.15, 0.2) is 6.20 Å². The molecule has 0 radical (unpaired) electrons. The predicted molar refractivity (Wildman–Crippen MR) is 58.2 cm³/mol. The van der Waals surface area contributed by atoms with E-state index in [1.807, 2.05) is 0 Å². The van der Waals surface area contributed by atoms with E-state index in [1.165, 1.54) is 0 Å². The zero-order valence-corrected chi connectivity index (χ0v) is 9.74. The Bertz CT molecular complexity index is 393. The standard InChI is InChI=1S/C10H16N4O3/c1-2-17-10(16)13-4-3-9(6-13)14-5-8(7-15)11-12-14/h5,9,15H,2-4,6-7H2,1H3/t9-/m1/s1. The maximum Gasteiger partial charge on any atom is 0.409 e. The van der Waals surface area contributed by atoms with Gasteiger partial charge in [0.1, 0.15) is 5.69 Å². The molecule has 1 saturated heterocycles. The van der Waals surface area contributed by atoms with Gasteiger partial charge in [0.05, 0.1) is 25.5 Å². The maximum absolute atomic E-state index is 11.5. The van der Waals surface area contributed by atoms with Gasteiger partial charge in [-0.2, -0.15) is 0 Å². The summed E-state index contributed by atoms with van der Waals surface area (Å²) in [5, 5.41) is 16.7. The number of likely N-dealkylation sites (tertiary alicyclic amines) is 1. The minimum atomic E-state index is -0.280. The highest BCUT2D eigenvalue weighted by molar-refractivity contribution is 5.67. The van der Waals surface area contributed by atoms with Crippen molar-refractivity contribution in [2.45, 2.75) is 26.0 Å². The second-order valence-electron chi connectivity index (χ2n) is 3.94. The van der Waals surface area contributed by atoms with Gasteiger partial charge in [0.15, 0.2) is 0 Å². The number of carbonyl (C=O) groups excluding carboxylic acids is 1. The highest BCUT2D eigenvalue weighted by Crippen LogP contribution is 2.21. The summed E-state index contributed by atoms with van der Waals surface area (Å²) >= 11 is 0. The van der Waals surface area contributed by atoms with Crippen molar-refractivity contribution in [1.82, 2.24) is 19.9 Å². The maximum atomic E-state index is 11.5. The van der Waals surface area contributed by atoms with Crippen LogP contribution in [0.3, 0.4) is 0 Å². The Morgan fingerprint density at radius 2 is 2.53 bits per heavy atom. The Labute approximate surface area is 99.0 Å². The van der Waals surface area contributed by atoms with Crippen LogP contribution in [-0.2, 0) is 11.3 Å². The zero-order chi connectivity index (χ0) is 12.3. The number of aliphatic hydroxyl groups excluding tert-OH is 1. The lowest BCUT2D eigenvalue weighted by molar-refractivity contribution is 0.114. The number of aromatic nitrogens is 3. The summed E-state index contributed by atoms with van der Waals surface area (Å²) in [6, 6.07) is 0.118. The minimum absolute atomic E-state index is 0.117. The normalized spacial score (nSPS) is 19.6. The number of carbonyl (C=O) groups is 1. The van der Waals surface area contributed by atoms with Crippen LogP contribution in [0.25, 0.3) is 0 Å². The van der Waals surface area contributed by atoms with Crippen molar-refractivity contribution in [3.05, 3.63) is 11.9 Å². The molecule has 2 rings (SSSR count). The highest BCUT2D eigenvalue weighted by Gasteiger charge is 2.28. The van der Waals surface area contributed by atoms with Crippen LogP contribution in [0.1, 0.15) is 25.1 Å². The van der Waals surface area contributed by atoms with Crippen LogP contribution in [0.2, 0.25) is 0 Å². The summed E-state index contributed by atoms with van der Waals surface area (Å²) < 4.78 is 6.64. The summed E-state index contributed by atoms with van der Waals surface area (Å²) in [7, 11) is 0. The van der Waals surface area contributed by atoms with Crippen LogP contribution in [0.4, 0.5) is 4.79 Å². The van der Waals surface area contributed by atoms with Gasteiger partial charge < -0.3 is 14.7 Å². The molecule has 0 saturated carbocycles. The van der Waals surface area contributed by atoms with Crippen LogP contribution in [0, 0.1) is 0 Å². The third-order valence-electron chi connectivity index (χ3n) is 2.78. The molecule has 1 amide bonds. The number of hydrogen-bond acceptors (Lipinski definition) is 5. The first-order valence-electron chi connectivity index (χ1n) is 5.68. The van der Waals surface area contributed by atoms with Gasteiger partial charge in [-0.25, -0.2) is 9.48 Å². The van der Waals surface area contributed by atoms with E-state index < -0.39 is 0 Å². The Morgan fingerprint density at radius 1 is 1.71 bits per heavy atom. The number of ether oxygens (including phenoxy) is 1. The molecule has 0 unspecified atom stereocenters. The molecule has 0 aromatic carbocycles. The van der Waals surface area contributed by atoms with Gasteiger partial charge >= 0.3 is 6.09 Å². The lowest BCUT2D eigenvalue weighted by Crippen LogP contribution is -2.29. The first-order chi connectivity index (χ1) is 8.24. The van der Waals surface area contributed by atoms with E-state index >= 15 is 0 Å². The first kappa shape index (κ1) is 11.8. The summed E-state index contributed by atoms with van der Waals surface area (Å²) in [5.74, 6) is 0. The third-order valence-corrected chi connectivity index (χ3v) is 2.78. The van der Waals surface area contributed by atoms with Crippen LogP contribution >= 0.6 is 0 Å². The SMILES string of the molecule is CCOC(=O)N1CC[C@@H](n2cc(CO)nn2)C1. The molecule has 1 aromatic rings. The number of rotatable bonds is 3. The average molecular weight is 240 g/mol. The number of aliphatic hydroxyl groups is 1. The van der Waals surface area contributed by atoms with Crippen molar-refractivity contribution in [3.8, 4) is 0 Å². The Kier molecular flexibility index (Phi) is 3.58. The fourth-order valence-electron chi connectivity index (χ4n) is 1.90. The molecule has 0 aliphatic carbocycles. The van der Waals surface area contributed by atoms with Gasteiger partial charge in [-0.3, -0.25) is 0 Å². The van der Waals surface area contributed by atoms with Gasteiger partial charge in [0.2, 0.25) is 0 Å². The largest absolute Gasteiger partial charge is 0.450 e. The summed E-state index contributed by atoms with van der Waals surface area (Å²) in [6.45, 7) is 3.30. The van der Waals surface area contributed by atoms with E-state index in [9.17, 15) is 4.79 Å². The minimum Gasteiger partial charge on any atom is -0.450 e. The van der Waals surface area contributed by atoms with Crippen molar-refractivity contribution in [2.24, 2.45) is 0 Å². The van der Waals surface area contributed by atoms with Gasteiger partial charge in [-0.1, -0.05) is 5.21 Å². The van der Waals surface area contributed by atoms with E-state index in [0.29, 0.717) is 25.4 Å². The fourth-order valence-corrected chi connectivity index (χ4v) is 1.90. The molecule has 0 spiro atoms. The Morgan fingerprint density at radius 3 is 3.18 bits per heavy atom. The fraction of sp³-hybridized carbons (Fsp3) is 0.700. The number of hydrogen-bond donors (Lipinski definition) is 1. The smallest absolute Gasteiger partial charge is 0.409 e. The molecule has 7 heteroatoms. The topological polar surface area (TPSA) is 80.5 Å². The molecule has 2 heterocycles. The van der Waals surface area contributed by atoms with E-state index in [2.05, 4.69) is 10.3 Å². The third kappa shape index (κ3) is 2.55. The van der Waals surface area contributed by atoms with Gasteiger partial charge in [0.25, 0.3) is 0 Å². The molecule has 1 atom stereocenters. The average Bonchev–Trinajstić information content (AvgIpc) is 2.98. The molecule has 94 valence electrons. The van der Waals surface area contributed by atoms with Crippen LogP contribution in [-0.4, -0.2) is 50.8 Å². The lowest BCUT2D eigenvalue weighted by atomic mass is 10.3.